The molecule has 0 radical (unpaired) electrons. The second-order valence-corrected chi connectivity index (χ2v) is 9.51. The van der Waals surface area contributed by atoms with Crippen LogP contribution in [0.15, 0.2) is 72.8 Å². The number of thiophene rings is 1. The molecule has 0 atom stereocenters. The van der Waals surface area contributed by atoms with Crippen LogP contribution in [0.25, 0.3) is 10.1 Å². The summed E-state index contributed by atoms with van der Waals surface area (Å²) in [6.07, 6.45) is 0. The van der Waals surface area contributed by atoms with E-state index in [1.807, 2.05) is 0 Å². The van der Waals surface area contributed by atoms with E-state index in [0.717, 1.165) is 15.8 Å². The highest BCUT2D eigenvalue weighted by atomic mass is 32.1. The number of fused-ring (bicyclic) bond motifs is 1. The Bertz CT molecular complexity index is 1340. The zero-order chi connectivity index (χ0) is 24.5. The molecule has 1 aromatic heterocycles. The molecule has 1 saturated heterocycles. The van der Waals surface area contributed by atoms with Crippen LogP contribution >= 0.6 is 11.3 Å². The quantitative estimate of drug-likeness (QED) is 0.267. The van der Waals surface area contributed by atoms with E-state index in [9.17, 15) is 23.7 Å². The predicted octanol–water partition coefficient (Wildman–Crippen LogP) is 5.64. The molecule has 0 bridgehead atoms. The second kappa shape index (κ2) is 9.52. The monoisotopic (exact) mass is 493 g/mol. The van der Waals surface area contributed by atoms with Crippen molar-refractivity contribution in [3.8, 4) is 0 Å². The summed E-state index contributed by atoms with van der Waals surface area (Å²) in [4.78, 5) is 28.3. The van der Waals surface area contributed by atoms with Crippen LogP contribution in [0.3, 0.4) is 0 Å². The molecule has 0 N–H and O–H groups in total. The number of carbonyl (C=O) groups is 1. The molecule has 0 spiro atoms. The fourth-order valence-electron chi connectivity index (χ4n) is 4.49. The lowest BCUT2D eigenvalue weighted by Gasteiger charge is -2.39. The summed E-state index contributed by atoms with van der Waals surface area (Å²) in [5.74, 6) is -0.750. The summed E-state index contributed by atoms with van der Waals surface area (Å²) in [6.45, 7) is 2.15. The Morgan fingerprint density at radius 1 is 0.857 bits per heavy atom. The number of carbonyl (C=O) groups excluding carboxylic acids is 1. The molecule has 1 amide bonds. The SMILES string of the molecule is O=C(c1cc2cc([N+](=O)[O-])ccc2s1)N1CCN(C(c2ccc(F)cc2)c2ccc(F)cc2)CC1. The van der Waals surface area contributed by atoms with Crippen LogP contribution in [-0.2, 0) is 0 Å². The maximum absolute atomic E-state index is 13.5. The molecule has 6 nitrogen and oxygen atoms in total. The van der Waals surface area contributed by atoms with Gasteiger partial charge in [0.1, 0.15) is 11.6 Å². The minimum atomic E-state index is -0.448. The summed E-state index contributed by atoms with van der Waals surface area (Å²) >= 11 is 1.32. The molecular formula is C26H21F2N3O3S. The van der Waals surface area contributed by atoms with Crippen LogP contribution in [0, 0.1) is 21.7 Å². The van der Waals surface area contributed by atoms with Crippen molar-refractivity contribution in [1.82, 2.24) is 9.80 Å². The molecular weight excluding hydrogens is 472 g/mol. The van der Waals surface area contributed by atoms with Crippen molar-refractivity contribution in [2.45, 2.75) is 6.04 Å². The van der Waals surface area contributed by atoms with Gasteiger partial charge in [-0.3, -0.25) is 19.8 Å². The number of nitro groups is 1. The Morgan fingerprint density at radius 3 is 1.97 bits per heavy atom. The molecule has 9 heteroatoms. The number of hydrogen-bond acceptors (Lipinski definition) is 5. The largest absolute Gasteiger partial charge is 0.335 e. The third-order valence-corrected chi connectivity index (χ3v) is 7.36. The summed E-state index contributed by atoms with van der Waals surface area (Å²) in [5.41, 5.74) is 1.78. The maximum Gasteiger partial charge on any atom is 0.270 e. The van der Waals surface area contributed by atoms with Crippen LogP contribution in [0.5, 0.6) is 0 Å². The van der Waals surface area contributed by atoms with E-state index in [2.05, 4.69) is 4.90 Å². The molecule has 1 fully saturated rings. The fourth-order valence-corrected chi connectivity index (χ4v) is 5.50. The highest BCUT2D eigenvalue weighted by molar-refractivity contribution is 7.20. The summed E-state index contributed by atoms with van der Waals surface area (Å²) in [7, 11) is 0. The highest BCUT2D eigenvalue weighted by Crippen LogP contribution is 2.32. The fraction of sp³-hybridized carbons (Fsp3) is 0.192. The van der Waals surface area contributed by atoms with Crippen molar-refractivity contribution < 1.29 is 18.5 Å². The number of nitro benzene ring substituents is 1. The lowest BCUT2D eigenvalue weighted by Crippen LogP contribution is -2.49. The molecule has 0 aliphatic carbocycles. The van der Waals surface area contributed by atoms with Crippen molar-refractivity contribution in [2.24, 2.45) is 0 Å². The molecule has 2 heterocycles. The average molecular weight is 494 g/mol. The summed E-state index contributed by atoms with van der Waals surface area (Å²) in [6, 6.07) is 18.7. The predicted molar refractivity (Wildman–Crippen MR) is 131 cm³/mol. The number of hydrogen-bond donors (Lipinski definition) is 0. The van der Waals surface area contributed by atoms with Crippen LogP contribution < -0.4 is 0 Å². The number of nitrogens with zero attached hydrogens (tertiary/aromatic N) is 3. The molecule has 0 unspecified atom stereocenters. The lowest BCUT2D eigenvalue weighted by atomic mass is 9.96. The topological polar surface area (TPSA) is 66.7 Å². The molecule has 4 aromatic rings. The van der Waals surface area contributed by atoms with Gasteiger partial charge in [-0.25, -0.2) is 8.78 Å². The number of amides is 1. The average Bonchev–Trinajstić information content (AvgIpc) is 3.30. The van der Waals surface area contributed by atoms with Crippen molar-refractivity contribution in [1.29, 1.82) is 0 Å². The Kier molecular flexibility index (Phi) is 6.27. The first-order chi connectivity index (χ1) is 16.9. The van der Waals surface area contributed by atoms with E-state index < -0.39 is 4.92 Å². The first-order valence-corrected chi connectivity index (χ1v) is 11.9. The van der Waals surface area contributed by atoms with Crippen LogP contribution in [0.2, 0.25) is 0 Å². The number of benzene rings is 3. The zero-order valence-electron chi connectivity index (χ0n) is 18.6. The summed E-state index contributed by atoms with van der Waals surface area (Å²) < 4.78 is 27.9. The van der Waals surface area contributed by atoms with Gasteiger partial charge >= 0.3 is 0 Å². The maximum atomic E-state index is 13.5. The van der Waals surface area contributed by atoms with Crippen molar-refractivity contribution >= 4 is 33.0 Å². The van der Waals surface area contributed by atoms with Gasteiger partial charge in [-0.05, 0) is 47.5 Å². The van der Waals surface area contributed by atoms with Gasteiger partial charge in [-0.1, -0.05) is 24.3 Å². The number of halogens is 2. The van der Waals surface area contributed by atoms with E-state index in [0.29, 0.717) is 36.4 Å². The third kappa shape index (κ3) is 4.78. The molecule has 0 saturated carbocycles. The number of non-ortho nitro benzene ring substituents is 1. The van der Waals surface area contributed by atoms with E-state index >= 15 is 0 Å². The van der Waals surface area contributed by atoms with E-state index in [1.54, 1.807) is 41.3 Å². The Labute approximate surface area is 204 Å². The van der Waals surface area contributed by atoms with Gasteiger partial charge in [0.15, 0.2) is 0 Å². The molecule has 1 aliphatic heterocycles. The number of rotatable bonds is 5. The van der Waals surface area contributed by atoms with Crippen LogP contribution in [-0.4, -0.2) is 46.8 Å². The van der Waals surface area contributed by atoms with Gasteiger partial charge in [-0.2, -0.15) is 0 Å². The smallest absolute Gasteiger partial charge is 0.270 e. The van der Waals surface area contributed by atoms with Crippen LogP contribution in [0.1, 0.15) is 26.8 Å². The van der Waals surface area contributed by atoms with Gasteiger partial charge in [0.05, 0.1) is 15.8 Å². The number of piperazine rings is 1. The minimum Gasteiger partial charge on any atom is -0.335 e. The Morgan fingerprint density at radius 2 is 1.43 bits per heavy atom. The van der Waals surface area contributed by atoms with Crippen molar-refractivity contribution in [3.05, 3.63) is 111 Å². The molecule has 3 aromatic carbocycles. The molecule has 1 aliphatic rings. The van der Waals surface area contributed by atoms with Crippen LogP contribution in [0.4, 0.5) is 14.5 Å². The van der Waals surface area contributed by atoms with Crippen molar-refractivity contribution in [2.75, 3.05) is 26.2 Å². The first kappa shape index (κ1) is 23.1. The van der Waals surface area contributed by atoms with E-state index in [-0.39, 0.29) is 29.3 Å². The van der Waals surface area contributed by atoms with Gasteiger partial charge in [0.2, 0.25) is 0 Å². The molecule has 35 heavy (non-hydrogen) atoms. The van der Waals surface area contributed by atoms with Gasteiger partial charge in [0.25, 0.3) is 11.6 Å². The molecule has 5 rings (SSSR count). The van der Waals surface area contributed by atoms with E-state index in [1.165, 1.54) is 47.7 Å². The Hall–Kier alpha value is -3.69. The Balaban J connectivity index is 1.34. The lowest BCUT2D eigenvalue weighted by molar-refractivity contribution is -0.384. The normalized spacial score (nSPS) is 14.5. The van der Waals surface area contributed by atoms with Gasteiger partial charge in [0, 0.05) is 48.4 Å². The van der Waals surface area contributed by atoms with Gasteiger partial charge < -0.3 is 4.90 Å². The zero-order valence-corrected chi connectivity index (χ0v) is 19.4. The van der Waals surface area contributed by atoms with Crippen molar-refractivity contribution in [3.63, 3.8) is 0 Å². The second-order valence-electron chi connectivity index (χ2n) is 8.42. The minimum absolute atomic E-state index is 0.00413. The van der Waals surface area contributed by atoms with E-state index in [4.69, 9.17) is 0 Å². The summed E-state index contributed by atoms with van der Waals surface area (Å²) in [5, 5.41) is 11.7. The third-order valence-electron chi connectivity index (χ3n) is 6.26. The standard InChI is InChI=1S/C26H21F2N3O3S/c27-20-5-1-17(2-6-20)25(18-3-7-21(28)8-4-18)29-11-13-30(14-12-29)26(32)24-16-19-15-22(31(33)34)9-10-23(19)35-24/h1-10,15-16,25H,11-14H2. The van der Waals surface area contributed by atoms with Gasteiger partial charge in [-0.15, -0.1) is 11.3 Å². The first-order valence-electron chi connectivity index (χ1n) is 11.1. The molecule has 178 valence electrons. The highest BCUT2D eigenvalue weighted by Gasteiger charge is 2.29.